The number of hydrogen-bond donors (Lipinski definition) is 0. The first kappa shape index (κ1) is 79.6. The van der Waals surface area contributed by atoms with Crippen LogP contribution in [0, 0.1) is 0 Å². The summed E-state index contributed by atoms with van der Waals surface area (Å²) in [5.74, 6) is 0. The molecule has 2 aliphatic rings. The van der Waals surface area contributed by atoms with E-state index in [9.17, 15) is 0 Å². The largest absolute Gasteiger partial charge is 0.455 e. The second-order valence-corrected chi connectivity index (χ2v) is 39.1. The van der Waals surface area contributed by atoms with Gasteiger partial charge in [-0.1, -0.05) is 390 Å². The zero-order valence-corrected chi connectivity index (χ0v) is 75.7. The minimum Gasteiger partial charge on any atom is -0.455 e. The second-order valence-electron chi connectivity index (χ2n) is 39.1. The van der Waals surface area contributed by atoms with E-state index in [2.05, 4.69) is 506 Å². The molecular weight excluding hydrogens is 1600 g/mol. The summed E-state index contributed by atoms with van der Waals surface area (Å²) in [5, 5.41) is 6.97. The molecule has 5 nitrogen and oxygen atoms in total. The van der Waals surface area contributed by atoms with Crippen LogP contribution in [-0.4, -0.2) is 15.8 Å². The van der Waals surface area contributed by atoms with Crippen LogP contribution in [-0.2, 0) is 16.2 Å². The summed E-state index contributed by atoms with van der Waals surface area (Å²) >= 11 is 0. The maximum absolute atomic E-state index is 7.32. The van der Waals surface area contributed by atoms with E-state index >= 15 is 0 Å². The average molecular weight is 1690 g/mol. The van der Waals surface area contributed by atoms with E-state index in [1.54, 1.807) is 0 Å². The lowest BCUT2D eigenvalue weighted by Crippen LogP contribution is -2.61. The maximum Gasteiger partial charge on any atom is 0.252 e. The Kier molecular flexibility index (Phi) is 18.7. The van der Waals surface area contributed by atoms with Crippen molar-refractivity contribution in [2.45, 2.75) is 78.6 Å². The highest BCUT2D eigenvalue weighted by Crippen LogP contribution is 2.56. The number of rotatable bonds is 13. The highest BCUT2D eigenvalue weighted by Gasteiger charge is 2.46. The minimum absolute atomic E-state index is 0.143. The summed E-state index contributed by atoms with van der Waals surface area (Å²) in [7, 11) is 0. The molecule has 0 radical (unpaired) electrons. The molecule has 0 aliphatic carbocycles. The Labute approximate surface area is 772 Å². The highest BCUT2D eigenvalue weighted by atomic mass is 16.3. The summed E-state index contributed by atoms with van der Waals surface area (Å²) in [6.07, 6.45) is 0. The molecule has 0 saturated heterocycles. The molecule has 0 amide bonds. The van der Waals surface area contributed by atoms with E-state index in [-0.39, 0.29) is 23.0 Å². The first-order valence-electron chi connectivity index (χ1n) is 46.4. The fourth-order valence-electron chi connectivity index (χ4n) is 21.4. The topological polar surface area (TPSA) is 29.5 Å². The molecule has 132 heavy (non-hydrogen) atoms. The second kappa shape index (κ2) is 31.0. The van der Waals surface area contributed by atoms with E-state index in [1.165, 1.54) is 60.2 Å². The molecule has 19 aromatic carbocycles. The van der Waals surface area contributed by atoms with Crippen molar-refractivity contribution >= 4 is 123 Å². The monoisotopic (exact) mass is 1690 g/mol. The number of aromatic nitrogens is 2. The van der Waals surface area contributed by atoms with Crippen molar-refractivity contribution < 1.29 is 4.42 Å². The van der Waals surface area contributed by atoms with Gasteiger partial charge in [0.1, 0.15) is 11.2 Å². The van der Waals surface area contributed by atoms with Gasteiger partial charge in [0.05, 0.1) is 44.8 Å². The lowest BCUT2D eigenvalue weighted by molar-refractivity contribution is 0.590. The smallest absolute Gasteiger partial charge is 0.252 e. The summed E-state index contributed by atoms with van der Waals surface area (Å²) in [6, 6.07) is 161. The molecule has 0 bridgehead atoms. The van der Waals surface area contributed by atoms with Crippen LogP contribution in [0.1, 0.15) is 79.0 Å². The van der Waals surface area contributed by atoms with Crippen molar-refractivity contribution in [1.82, 2.24) is 9.13 Å². The van der Waals surface area contributed by atoms with E-state index in [1.807, 2.05) is 0 Å². The van der Waals surface area contributed by atoms with Gasteiger partial charge in [-0.2, -0.15) is 0 Å². The Morgan fingerprint density at radius 1 is 0.220 bits per heavy atom. The van der Waals surface area contributed by atoms with Crippen LogP contribution >= 0.6 is 0 Å². The SMILES string of the molecule is CC(C)(C)c1cc(-c2cccc3c2oc2ccccc23)c(-c2ccc3c(c2)N(c2c(-c4ccccc4)cccc2-c2ccccc2)c2cc(-n4c5ccc(C(C)(C)C)cc5c5cc(C(C)(C)C)ccc54)cc4c2B3c2ccc(-c3ccc(-c5ccccc5)cc3-c3ccccc3)cc2N4c2ccc(-c3ccccc3)cc2-c2ccccc2)c(-n2c3ccccc3c3ccccc32)c1. The molecule has 0 N–H and O–H groups in total. The number of hydrogen-bond acceptors (Lipinski definition) is 3. The van der Waals surface area contributed by atoms with Gasteiger partial charge in [-0.25, -0.2) is 0 Å². The minimum atomic E-state index is -0.378. The third-order valence-corrected chi connectivity index (χ3v) is 28.0. The summed E-state index contributed by atoms with van der Waals surface area (Å²) in [4.78, 5) is 5.43. The average Bonchev–Trinajstić information content (AvgIpc) is 0.769. The number of fused-ring (bicyclic) bond motifs is 13. The zero-order valence-electron chi connectivity index (χ0n) is 75.7. The van der Waals surface area contributed by atoms with Crippen molar-refractivity contribution in [3.8, 4) is 112 Å². The predicted octanol–water partition coefficient (Wildman–Crippen LogP) is 32.8. The van der Waals surface area contributed by atoms with Gasteiger partial charge in [0.25, 0.3) is 6.71 Å². The van der Waals surface area contributed by atoms with Crippen LogP contribution in [0.2, 0.25) is 0 Å². The Hall–Kier alpha value is -15.8. The van der Waals surface area contributed by atoms with Crippen LogP contribution in [0.25, 0.3) is 177 Å². The summed E-state index contributed by atoms with van der Waals surface area (Å²) < 4.78 is 12.5. The summed E-state index contributed by atoms with van der Waals surface area (Å²) in [5.41, 5.74) is 41.4. The Morgan fingerprint density at radius 3 is 1.20 bits per heavy atom. The fraction of sp³-hybridized carbons (Fsp3) is 0.0952. The van der Waals surface area contributed by atoms with Crippen molar-refractivity contribution in [3.05, 3.63) is 441 Å². The quantitative estimate of drug-likeness (QED) is 0.108. The van der Waals surface area contributed by atoms with Crippen molar-refractivity contribution in [1.29, 1.82) is 0 Å². The van der Waals surface area contributed by atoms with E-state index < -0.39 is 0 Å². The molecule has 2 aliphatic heterocycles. The number of benzene rings is 19. The normalized spacial score (nSPS) is 12.7. The molecule has 0 unspecified atom stereocenters. The van der Waals surface area contributed by atoms with Crippen LogP contribution in [0.4, 0.5) is 34.1 Å². The fourth-order valence-corrected chi connectivity index (χ4v) is 21.4. The lowest BCUT2D eigenvalue weighted by Gasteiger charge is -2.46. The Bertz CT molecular complexity index is 8190. The van der Waals surface area contributed by atoms with E-state index in [0.717, 1.165) is 184 Å². The van der Waals surface area contributed by atoms with Crippen molar-refractivity contribution in [3.63, 3.8) is 0 Å². The molecule has 0 spiro atoms. The lowest BCUT2D eigenvalue weighted by atomic mass is 9.33. The molecule has 0 fully saturated rings. The van der Waals surface area contributed by atoms with Crippen LogP contribution in [0.5, 0.6) is 0 Å². The van der Waals surface area contributed by atoms with Gasteiger partial charge >= 0.3 is 0 Å². The van der Waals surface area contributed by atoms with Gasteiger partial charge in [0.2, 0.25) is 0 Å². The van der Waals surface area contributed by atoms with Gasteiger partial charge < -0.3 is 23.4 Å². The van der Waals surface area contributed by atoms with Crippen molar-refractivity contribution in [2.75, 3.05) is 9.80 Å². The third kappa shape index (κ3) is 13.2. The number of anilines is 6. The van der Waals surface area contributed by atoms with E-state index in [0.29, 0.717) is 0 Å². The van der Waals surface area contributed by atoms with Gasteiger partial charge in [-0.05, 0) is 219 Å². The van der Waals surface area contributed by atoms with Gasteiger partial charge in [-0.15, -0.1) is 0 Å². The zero-order chi connectivity index (χ0) is 89.0. The van der Waals surface area contributed by atoms with Gasteiger partial charge in [0, 0.05) is 82.9 Å². The standard InChI is InChI=1S/C126H97BN4O/c1-124(2,3)90-62-68-112-104(74-90)105-75-91(125(4,5)6)63-69-113(105)128(112)93-78-117-121-118(79-93)131(122-95(82-40-20-12-21-41-82)51-34-52-96(122)83-42-22-13-23-43-83)115-73-89(120-106(101-54-35-53-100-99-50-30-33-57-119(99)132-123(100)101)76-92(126(7,8)9)77-116(120)129-109-55-31-28-48-97(109)98-49-29-32-56-110(98)129)60-66-108(115)127(121)107-65-59-88(94-64-58-86(80-36-16-10-17-37-80)70-102(94)84-44-24-14-25-45-84)72-114(107)130(117)111-67-61-87(81-38-18-11-19-39-81)71-103(111)85-46-26-15-27-47-85/h10-79H,1-9H3. The first-order valence-corrected chi connectivity index (χ1v) is 46.4. The Morgan fingerprint density at radius 2 is 0.644 bits per heavy atom. The predicted molar refractivity (Wildman–Crippen MR) is 561 cm³/mol. The van der Waals surface area contributed by atoms with E-state index in [4.69, 9.17) is 4.42 Å². The molecule has 3 aromatic heterocycles. The number of furan rings is 1. The van der Waals surface area contributed by atoms with Gasteiger partial charge in [0.15, 0.2) is 0 Å². The van der Waals surface area contributed by atoms with Crippen LogP contribution in [0.3, 0.4) is 0 Å². The van der Waals surface area contributed by atoms with Crippen molar-refractivity contribution in [2.24, 2.45) is 0 Å². The van der Waals surface area contributed by atoms with Gasteiger partial charge in [-0.3, -0.25) is 0 Å². The highest BCUT2D eigenvalue weighted by molar-refractivity contribution is 7.00. The molecule has 0 atom stereocenters. The molecule has 5 heterocycles. The molecule has 22 aromatic rings. The molecular formula is C126H97BN4O. The summed E-state index contributed by atoms with van der Waals surface area (Å²) in [6.45, 7) is 20.8. The molecule has 24 rings (SSSR count). The molecule has 630 valence electrons. The number of para-hydroxylation sites is 5. The Balaban J connectivity index is 0.889. The van der Waals surface area contributed by atoms with Crippen LogP contribution < -0.4 is 26.2 Å². The first-order chi connectivity index (χ1) is 64.4. The number of nitrogens with zero attached hydrogens (tertiary/aromatic N) is 4. The third-order valence-electron chi connectivity index (χ3n) is 28.0. The molecule has 0 saturated carbocycles. The maximum atomic E-state index is 7.32. The molecule has 6 heteroatoms. The van der Waals surface area contributed by atoms with Crippen LogP contribution in [0.15, 0.2) is 429 Å².